The lowest BCUT2D eigenvalue weighted by molar-refractivity contribution is 0.595. The minimum atomic E-state index is -0.152. The van der Waals surface area contributed by atoms with Gasteiger partial charge in [-0.2, -0.15) is 4.98 Å². The number of aromatic nitrogens is 2. The van der Waals surface area contributed by atoms with Crippen molar-refractivity contribution in [2.45, 2.75) is 33.6 Å². The molecule has 0 amide bonds. The van der Waals surface area contributed by atoms with Crippen LogP contribution in [0, 0.1) is 12.7 Å². The molecule has 1 aromatic heterocycles. The first-order chi connectivity index (χ1) is 13.1. The second-order valence-electron chi connectivity index (χ2n) is 7.08. The number of hydrogen-bond acceptors (Lipinski definition) is 5. The predicted octanol–water partition coefficient (Wildman–Crippen LogP) is 3.88. The van der Waals surface area contributed by atoms with E-state index in [0.29, 0.717) is 5.69 Å². The number of benzene rings is 1. The van der Waals surface area contributed by atoms with E-state index in [1.165, 1.54) is 6.07 Å². The van der Waals surface area contributed by atoms with E-state index in [-0.39, 0.29) is 5.82 Å². The lowest BCUT2D eigenvalue weighted by Gasteiger charge is -2.37. The van der Waals surface area contributed by atoms with Gasteiger partial charge in [-0.15, -0.1) is 0 Å². The third-order valence-corrected chi connectivity index (χ3v) is 4.90. The van der Waals surface area contributed by atoms with E-state index in [1.807, 2.05) is 19.1 Å². The summed E-state index contributed by atoms with van der Waals surface area (Å²) in [6, 6.07) is 9.06. The molecule has 1 aliphatic heterocycles. The number of hydrogen-bond donors (Lipinski definition) is 0. The minimum absolute atomic E-state index is 0.152. The van der Waals surface area contributed by atoms with Crippen molar-refractivity contribution in [2.24, 2.45) is 0 Å². The summed E-state index contributed by atoms with van der Waals surface area (Å²) >= 11 is 0. The normalized spacial score (nSPS) is 14.5. The highest BCUT2D eigenvalue weighted by Crippen LogP contribution is 2.23. The molecule has 0 atom stereocenters. The highest BCUT2D eigenvalue weighted by Gasteiger charge is 2.21. The van der Waals surface area contributed by atoms with Gasteiger partial charge in [-0.25, -0.2) is 9.37 Å². The minimum Gasteiger partial charge on any atom is -0.366 e. The standard InChI is InChI=1S/C21H30FN5/c1-4-10-27(11-5-2)21-23-17(3)16-20(24-21)26-14-12-25(13-15-26)19-9-7-6-8-18(19)22/h6-9,16H,4-5,10-15H2,1-3H3. The fourth-order valence-electron chi connectivity index (χ4n) is 3.58. The van der Waals surface area contributed by atoms with Gasteiger partial charge in [0.1, 0.15) is 11.6 Å². The zero-order chi connectivity index (χ0) is 19.2. The average molecular weight is 372 g/mol. The van der Waals surface area contributed by atoms with E-state index >= 15 is 0 Å². The van der Waals surface area contributed by atoms with Crippen molar-refractivity contribution in [3.05, 3.63) is 41.8 Å². The molecule has 1 aliphatic rings. The van der Waals surface area contributed by atoms with E-state index in [1.54, 1.807) is 6.07 Å². The Morgan fingerprint density at radius 1 is 0.963 bits per heavy atom. The Kier molecular flexibility index (Phi) is 6.48. The van der Waals surface area contributed by atoms with E-state index in [2.05, 4.69) is 39.6 Å². The van der Waals surface area contributed by atoms with Crippen LogP contribution >= 0.6 is 0 Å². The van der Waals surface area contributed by atoms with Crippen molar-refractivity contribution in [2.75, 3.05) is 54.0 Å². The van der Waals surface area contributed by atoms with Gasteiger partial charge in [-0.3, -0.25) is 0 Å². The molecule has 2 heterocycles. The summed E-state index contributed by atoms with van der Waals surface area (Å²) in [5.41, 5.74) is 1.68. The van der Waals surface area contributed by atoms with Crippen LogP contribution in [-0.4, -0.2) is 49.2 Å². The van der Waals surface area contributed by atoms with Crippen LogP contribution in [0.4, 0.5) is 21.8 Å². The van der Waals surface area contributed by atoms with E-state index in [4.69, 9.17) is 4.98 Å². The molecule has 0 spiro atoms. The number of halogens is 1. The van der Waals surface area contributed by atoms with Crippen LogP contribution in [0.2, 0.25) is 0 Å². The van der Waals surface area contributed by atoms with Gasteiger partial charge in [0.25, 0.3) is 0 Å². The molecule has 0 bridgehead atoms. The van der Waals surface area contributed by atoms with Gasteiger partial charge in [0.2, 0.25) is 5.95 Å². The van der Waals surface area contributed by atoms with Crippen molar-refractivity contribution >= 4 is 17.5 Å². The number of nitrogens with zero attached hydrogens (tertiary/aromatic N) is 5. The van der Waals surface area contributed by atoms with Crippen LogP contribution in [-0.2, 0) is 0 Å². The molecule has 2 aromatic rings. The molecule has 1 aromatic carbocycles. The Bertz CT molecular complexity index is 737. The summed E-state index contributed by atoms with van der Waals surface area (Å²) < 4.78 is 14.1. The summed E-state index contributed by atoms with van der Waals surface area (Å²) in [5.74, 6) is 1.65. The summed E-state index contributed by atoms with van der Waals surface area (Å²) in [5, 5.41) is 0. The zero-order valence-electron chi connectivity index (χ0n) is 16.7. The van der Waals surface area contributed by atoms with Gasteiger partial charge in [0.15, 0.2) is 0 Å². The molecule has 5 nitrogen and oxygen atoms in total. The predicted molar refractivity (Wildman–Crippen MR) is 110 cm³/mol. The van der Waals surface area contributed by atoms with E-state index in [0.717, 1.165) is 69.6 Å². The molecule has 146 valence electrons. The maximum absolute atomic E-state index is 14.1. The number of aryl methyl sites for hydroxylation is 1. The van der Waals surface area contributed by atoms with Gasteiger partial charge in [-0.05, 0) is 31.9 Å². The van der Waals surface area contributed by atoms with Crippen LogP contribution in [0.15, 0.2) is 30.3 Å². The van der Waals surface area contributed by atoms with Crippen molar-refractivity contribution in [1.29, 1.82) is 0 Å². The Labute approximate surface area is 161 Å². The van der Waals surface area contributed by atoms with Crippen molar-refractivity contribution < 1.29 is 4.39 Å². The van der Waals surface area contributed by atoms with Gasteiger partial charge >= 0.3 is 0 Å². The number of para-hydroxylation sites is 1. The van der Waals surface area contributed by atoms with Crippen LogP contribution in [0.5, 0.6) is 0 Å². The third-order valence-electron chi connectivity index (χ3n) is 4.90. The number of rotatable bonds is 7. The molecular weight excluding hydrogens is 341 g/mol. The summed E-state index contributed by atoms with van der Waals surface area (Å²) in [4.78, 5) is 16.2. The first kappa shape index (κ1) is 19.4. The van der Waals surface area contributed by atoms with Crippen LogP contribution < -0.4 is 14.7 Å². The fourth-order valence-corrected chi connectivity index (χ4v) is 3.58. The molecule has 1 fully saturated rings. The van der Waals surface area contributed by atoms with E-state index < -0.39 is 0 Å². The topological polar surface area (TPSA) is 35.5 Å². The van der Waals surface area contributed by atoms with Gasteiger partial charge in [0, 0.05) is 51.0 Å². The summed E-state index contributed by atoms with van der Waals surface area (Å²) in [6.45, 7) is 11.6. The number of anilines is 3. The molecule has 3 rings (SSSR count). The molecule has 0 saturated carbocycles. The van der Waals surface area contributed by atoms with Crippen molar-refractivity contribution in [3.63, 3.8) is 0 Å². The summed E-state index contributed by atoms with van der Waals surface area (Å²) in [6.07, 6.45) is 2.15. The average Bonchev–Trinajstić information content (AvgIpc) is 2.68. The second kappa shape index (κ2) is 9.02. The van der Waals surface area contributed by atoms with Crippen molar-refractivity contribution in [1.82, 2.24) is 9.97 Å². The second-order valence-corrected chi connectivity index (χ2v) is 7.08. The molecule has 6 heteroatoms. The molecule has 0 aliphatic carbocycles. The number of piperazine rings is 1. The lowest BCUT2D eigenvalue weighted by Crippen LogP contribution is -2.47. The molecule has 0 radical (unpaired) electrons. The Morgan fingerprint density at radius 3 is 2.22 bits per heavy atom. The maximum atomic E-state index is 14.1. The molecule has 27 heavy (non-hydrogen) atoms. The van der Waals surface area contributed by atoms with Gasteiger partial charge < -0.3 is 14.7 Å². The first-order valence-electron chi connectivity index (χ1n) is 9.97. The Hall–Kier alpha value is -2.37. The third kappa shape index (κ3) is 4.67. The summed E-state index contributed by atoms with van der Waals surface area (Å²) in [7, 11) is 0. The smallest absolute Gasteiger partial charge is 0.227 e. The molecule has 0 unspecified atom stereocenters. The molecule has 0 N–H and O–H groups in total. The quantitative estimate of drug-likeness (QED) is 0.738. The van der Waals surface area contributed by atoms with Gasteiger partial charge in [0.05, 0.1) is 5.69 Å². The van der Waals surface area contributed by atoms with Crippen LogP contribution in [0.1, 0.15) is 32.4 Å². The fraction of sp³-hybridized carbons (Fsp3) is 0.524. The monoisotopic (exact) mass is 371 g/mol. The van der Waals surface area contributed by atoms with Gasteiger partial charge in [-0.1, -0.05) is 26.0 Å². The van der Waals surface area contributed by atoms with E-state index in [9.17, 15) is 4.39 Å². The molecular formula is C21H30FN5. The Morgan fingerprint density at radius 2 is 1.59 bits per heavy atom. The zero-order valence-corrected chi connectivity index (χ0v) is 16.7. The Balaban J connectivity index is 1.73. The molecule has 1 saturated heterocycles. The maximum Gasteiger partial charge on any atom is 0.227 e. The highest BCUT2D eigenvalue weighted by molar-refractivity contribution is 5.51. The highest BCUT2D eigenvalue weighted by atomic mass is 19.1. The van der Waals surface area contributed by atoms with Crippen LogP contribution in [0.3, 0.4) is 0 Å². The SMILES string of the molecule is CCCN(CCC)c1nc(C)cc(N2CCN(c3ccccc3F)CC2)n1. The lowest BCUT2D eigenvalue weighted by atomic mass is 10.2. The van der Waals surface area contributed by atoms with Crippen LogP contribution in [0.25, 0.3) is 0 Å². The first-order valence-corrected chi connectivity index (χ1v) is 9.97. The largest absolute Gasteiger partial charge is 0.366 e. The van der Waals surface area contributed by atoms with Crippen molar-refractivity contribution in [3.8, 4) is 0 Å².